The summed E-state index contributed by atoms with van der Waals surface area (Å²) in [5.41, 5.74) is 0. The highest BCUT2D eigenvalue weighted by molar-refractivity contribution is 5.82. The van der Waals surface area contributed by atoms with Gasteiger partial charge in [0.2, 0.25) is 0 Å². The molecule has 0 bridgehead atoms. The van der Waals surface area contributed by atoms with E-state index in [-0.39, 0.29) is 19.8 Å². The van der Waals surface area contributed by atoms with Crippen molar-refractivity contribution in [1.82, 2.24) is 9.80 Å². The maximum absolute atomic E-state index is 12.4. The maximum Gasteiger partial charge on any atom is 0.325 e. The average molecular weight is 302 g/mol. The molecule has 0 saturated carbocycles. The lowest BCUT2D eigenvalue weighted by Crippen LogP contribution is -2.51. The normalized spacial score (nSPS) is 20.9. The van der Waals surface area contributed by atoms with Crippen LogP contribution in [-0.4, -0.2) is 79.4 Å². The van der Waals surface area contributed by atoms with Crippen LogP contribution in [0.4, 0.5) is 4.79 Å². The van der Waals surface area contributed by atoms with Gasteiger partial charge in [-0.2, -0.15) is 0 Å². The van der Waals surface area contributed by atoms with Gasteiger partial charge in [-0.1, -0.05) is 6.92 Å². The first-order valence-corrected chi connectivity index (χ1v) is 6.81. The molecule has 1 N–H and O–H groups in total. The number of likely N-dealkylation sites (N-methyl/N-ethyl adjacent to an activating group) is 1. The number of aliphatic carboxylic acids is 1. The molecule has 1 saturated heterocycles. The Kier molecular flexibility index (Phi) is 6.41. The summed E-state index contributed by atoms with van der Waals surface area (Å²) in [4.78, 5) is 37.6. The zero-order valence-corrected chi connectivity index (χ0v) is 12.6. The minimum Gasteiger partial charge on any atom is -0.481 e. The molecular formula is C13H22N2O6. The fourth-order valence-electron chi connectivity index (χ4n) is 2.26. The van der Waals surface area contributed by atoms with E-state index in [1.807, 2.05) is 6.92 Å². The summed E-state index contributed by atoms with van der Waals surface area (Å²) in [6.45, 7) is 2.39. The van der Waals surface area contributed by atoms with Gasteiger partial charge in [-0.15, -0.1) is 0 Å². The van der Waals surface area contributed by atoms with Crippen LogP contribution < -0.4 is 0 Å². The standard InChI is InChI=1S/C13H22N2O6/c1-4-5-15(6-11(16)20-3)13(19)14(2)10-8-21-7-9(10)12(17)18/h9-10H,4-8H2,1-3H3,(H,17,18). The van der Waals surface area contributed by atoms with Gasteiger partial charge in [0.1, 0.15) is 12.5 Å². The van der Waals surface area contributed by atoms with Crippen molar-refractivity contribution in [2.45, 2.75) is 19.4 Å². The first-order chi connectivity index (χ1) is 9.92. The number of carbonyl (C=O) groups excluding carboxylic acids is 2. The van der Waals surface area contributed by atoms with Crippen LogP contribution in [0, 0.1) is 5.92 Å². The minimum atomic E-state index is -0.993. The molecule has 21 heavy (non-hydrogen) atoms. The van der Waals surface area contributed by atoms with Crippen molar-refractivity contribution in [3.63, 3.8) is 0 Å². The number of amides is 2. The molecule has 0 radical (unpaired) electrons. The predicted octanol–water partition coefficient (Wildman–Crippen LogP) is 0.0228. The number of esters is 1. The number of urea groups is 1. The third-order valence-electron chi connectivity index (χ3n) is 3.48. The van der Waals surface area contributed by atoms with E-state index < -0.39 is 29.9 Å². The Hall–Kier alpha value is -1.83. The molecule has 2 unspecified atom stereocenters. The molecule has 2 atom stereocenters. The van der Waals surface area contributed by atoms with Gasteiger partial charge in [-0.3, -0.25) is 9.59 Å². The molecule has 1 heterocycles. The molecule has 0 aliphatic carbocycles. The maximum atomic E-state index is 12.4. The third-order valence-corrected chi connectivity index (χ3v) is 3.48. The predicted molar refractivity (Wildman–Crippen MR) is 72.8 cm³/mol. The summed E-state index contributed by atoms with van der Waals surface area (Å²) in [5.74, 6) is -2.25. The lowest BCUT2D eigenvalue weighted by molar-refractivity contribution is -0.143. The molecule has 120 valence electrons. The Bertz CT molecular complexity index is 400. The summed E-state index contributed by atoms with van der Waals surface area (Å²) in [5, 5.41) is 9.13. The molecule has 0 aromatic heterocycles. The second-order valence-corrected chi connectivity index (χ2v) is 4.94. The zero-order chi connectivity index (χ0) is 16.0. The van der Waals surface area contributed by atoms with Gasteiger partial charge in [0.05, 0.1) is 26.4 Å². The van der Waals surface area contributed by atoms with Crippen molar-refractivity contribution in [2.75, 3.05) is 40.5 Å². The van der Waals surface area contributed by atoms with Crippen LogP contribution in [-0.2, 0) is 19.1 Å². The van der Waals surface area contributed by atoms with E-state index in [1.165, 1.54) is 24.0 Å². The SMILES string of the molecule is CCCN(CC(=O)OC)C(=O)N(C)C1COCC1C(=O)O. The molecule has 8 nitrogen and oxygen atoms in total. The van der Waals surface area contributed by atoms with Crippen LogP contribution in [0.3, 0.4) is 0 Å². The van der Waals surface area contributed by atoms with Crippen molar-refractivity contribution in [3.05, 3.63) is 0 Å². The molecular weight excluding hydrogens is 280 g/mol. The lowest BCUT2D eigenvalue weighted by atomic mass is 10.0. The second kappa shape index (κ2) is 7.82. The number of rotatable bonds is 6. The van der Waals surface area contributed by atoms with Crippen molar-refractivity contribution >= 4 is 18.0 Å². The van der Waals surface area contributed by atoms with E-state index in [0.29, 0.717) is 13.0 Å². The fourth-order valence-corrected chi connectivity index (χ4v) is 2.26. The van der Waals surface area contributed by atoms with Crippen LogP contribution in [0.5, 0.6) is 0 Å². The fraction of sp³-hybridized carbons (Fsp3) is 0.769. The number of carbonyl (C=O) groups is 3. The van der Waals surface area contributed by atoms with Gasteiger partial charge in [0, 0.05) is 13.6 Å². The first kappa shape index (κ1) is 17.2. The van der Waals surface area contributed by atoms with Gasteiger partial charge in [0.25, 0.3) is 0 Å². The smallest absolute Gasteiger partial charge is 0.325 e. The largest absolute Gasteiger partial charge is 0.481 e. The second-order valence-electron chi connectivity index (χ2n) is 4.94. The van der Waals surface area contributed by atoms with E-state index in [2.05, 4.69) is 4.74 Å². The van der Waals surface area contributed by atoms with Crippen LogP contribution in [0.15, 0.2) is 0 Å². The summed E-state index contributed by atoms with van der Waals surface area (Å²) in [7, 11) is 2.78. The molecule has 1 aliphatic heterocycles. The number of methoxy groups -OCH3 is 1. The van der Waals surface area contributed by atoms with Crippen molar-refractivity contribution in [2.24, 2.45) is 5.92 Å². The number of ether oxygens (including phenoxy) is 2. The van der Waals surface area contributed by atoms with Crippen LogP contribution in [0.1, 0.15) is 13.3 Å². The Morgan fingerprint density at radius 1 is 1.33 bits per heavy atom. The Morgan fingerprint density at radius 3 is 2.52 bits per heavy atom. The van der Waals surface area contributed by atoms with Crippen molar-refractivity contribution < 1.29 is 29.0 Å². The summed E-state index contributed by atoms with van der Waals surface area (Å²) in [6, 6.07) is -0.934. The Labute approximate surface area is 123 Å². The van der Waals surface area contributed by atoms with Crippen LogP contribution in [0.2, 0.25) is 0 Å². The van der Waals surface area contributed by atoms with E-state index in [1.54, 1.807) is 0 Å². The number of hydrogen-bond acceptors (Lipinski definition) is 5. The molecule has 2 amide bonds. The molecule has 1 aliphatic rings. The van der Waals surface area contributed by atoms with Gasteiger partial charge >= 0.3 is 18.0 Å². The van der Waals surface area contributed by atoms with Gasteiger partial charge < -0.3 is 24.4 Å². The average Bonchev–Trinajstić information content (AvgIpc) is 2.94. The molecule has 0 aromatic rings. The minimum absolute atomic E-state index is 0.0857. The van der Waals surface area contributed by atoms with E-state index >= 15 is 0 Å². The van der Waals surface area contributed by atoms with Crippen molar-refractivity contribution in [1.29, 1.82) is 0 Å². The summed E-state index contributed by atoms with van der Waals surface area (Å²) >= 11 is 0. The number of carboxylic acids is 1. The Balaban J connectivity index is 2.77. The highest BCUT2D eigenvalue weighted by atomic mass is 16.5. The lowest BCUT2D eigenvalue weighted by Gasteiger charge is -2.32. The van der Waals surface area contributed by atoms with Crippen molar-refractivity contribution in [3.8, 4) is 0 Å². The topological polar surface area (TPSA) is 96.4 Å². The molecule has 8 heteroatoms. The number of carboxylic acid groups (broad SMARTS) is 1. The number of hydrogen-bond donors (Lipinski definition) is 1. The first-order valence-electron chi connectivity index (χ1n) is 6.81. The zero-order valence-electron chi connectivity index (χ0n) is 12.6. The molecule has 0 aromatic carbocycles. The highest BCUT2D eigenvalue weighted by Crippen LogP contribution is 2.20. The van der Waals surface area contributed by atoms with E-state index in [4.69, 9.17) is 9.84 Å². The monoisotopic (exact) mass is 302 g/mol. The van der Waals surface area contributed by atoms with Crippen LogP contribution >= 0.6 is 0 Å². The van der Waals surface area contributed by atoms with E-state index in [0.717, 1.165) is 0 Å². The third kappa shape index (κ3) is 4.32. The van der Waals surface area contributed by atoms with Gasteiger partial charge in [0.15, 0.2) is 0 Å². The molecule has 0 spiro atoms. The summed E-state index contributed by atoms with van der Waals surface area (Å²) in [6.07, 6.45) is 0.681. The van der Waals surface area contributed by atoms with Gasteiger partial charge in [-0.25, -0.2) is 4.79 Å². The Morgan fingerprint density at radius 2 is 2.00 bits per heavy atom. The molecule has 1 rings (SSSR count). The van der Waals surface area contributed by atoms with E-state index in [9.17, 15) is 14.4 Å². The molecule has 1 fully saturated rings. The van der Waals surface area contributed by atoms with Gasteiger partial charge in [-0.05, 0) is 6.42 Å². The number of nitrogens with zero attached hydrogens (tertiary/aromatic N) is 2. The quantitative estimate of drug-likeness (QED) is 0.695. The highest BCUT2D eigenvalue weighted by Gasteiger charge is 2.39. The summed E-state index contributed by atoms with van der Waals surface area (Å²) < 4.78 is 9.73. The van der Waals surface area contributed by atoms with Crippen LogP contribution in [0.25, 0.3) is 0 Å².